The Balaban J connectivity index is 2.09. The lowest BCUT2D eigenvalue weighted by Gasteiger charge is -2.08. The van der Waals surface area contributed by atoms with Gasteiger partial charge in [0.25, 0.3) is 0 Å². The minimum atomic E-state index is -0.550. The Labute approximate surface area is 115 Å². The SMILES string of the molecule is Cc1ccc(Cl)c(OCC(=O)c2ccccc2F)c1. The van der Waals surface area contributed by atoms with Gasteiger partial charge >= 0.3 is 0 Å². The van der Waals surface area contributed by atoms with Crippen LogP contribution in [0.1, 0.15) is 15.9 Å². The van der Waals surface area contributed by atoms with Crippen LogP contribution in [0, 0.1) is 12.7 Å². The molecular formula is C15H12ClFO2. The summed E-state index contributed by atoms with van der Waals surface area (Å²) in [6.07, 6.45) is 0. The second-order valence-corrected chi connectivity index (χ2v) is 4.53. The van der Waals surface area contributed by atoms with Gasteiger partial charge in [0.05, 0.1) is 10.6 Å². The van der Waals surface area contributed by atoms with E-state index in [4.69, 9.17) is 16.3 Å². The molecule has 0 amide bonds. The molecule has 0 aliphatic carbocycles. The first kappa shape index (κ1) is 13.6. The zero-order chi connectivity index (χ0) is 13.8. The van der Waals surface area contributed by atoms with Gasteiger partial charge in [-0.1, -0.05) is 29.8 Å². The van der Waals surface area contributed by atoms with Gasteiger partial charge in [0.15, 0.2) is 6.61 Å². The summed E-state index contributed by atoms with van der Waals surface area (Å²) in [6.45, 7) is 1.64. The van der Waals surface area contributed by atoms with E-state index in [2.05, 4.69) is 0 Å². The third kappa shape index (κ3) is 3.32. The Morgan fingerprint density at radius 1 is 1.26 bits per heavy atom. The number of ether oxygens (including phenoxy) is 1. The Hall–Kier alpha value is -1.87. The molecule has 0 saturated heterocycles. The maximum absolute atomic E-state index is 13.4. The molecule has 2 nitrogen and oxygen atoms in total. The average molecular weight is 279 g/mol. The molecule has 19 heavy (non-hydrogen) atoms. The van der Waals surface area contributed by atoms with E-state index in [1.807, 2.05) is 13.0 Å². The molecular weight excluding hydrogens is 267 g/mol. The number of Topliss-reactive ketones (excluding diaryl/α,β-unsaturated/α-hetero) is 1. The molecule has 98 valence electrons. The summed E-state index contributed by atoms with van der Waals surface area (Å²) in [6, 6.07) is 11.1. The molecule has 0 heterocycles. The third-order valence-corrected chi connectivity index (χ3v) is 2.93. The molecule has 0 aliphatic heterocycles. The van der Waals surface area contributed by atoms with Crippen molar-refractivity contribution in [3.8, 4) is 5.75 Å². The molecule has 0 spiro atoms. The predicted octanol–water partition coefficient (Wildman–Crippen LogP) is 4.05. The van der Waals surface area contributed by atoms with Crippen LogP contribution in [0.5, 0.6) is 5.75 Å². The minimum absolute atomic E-state index is 0.0197. The molecule has 4 heteroatoms. The first-order chi connectivity index (χ1) is 9.08. The Morgan fingerprint density at radius 2 is 2.00 bits per heavy atom. The summed E-state index contributed by atoms with van der Waals surface area (Å²) in [5, 5.41) is 0.423. The predicted molar refractivity (Wildman–Crippen MR) is 72.4 cm³/mol. The number of ketones is 1. The third-order valence-electron chi connectivity index (χ3n) is 2.62. The molecule has 0 bridgehead atoms. The number of hydrogen-bond donors (Lipinski definition) is 0. The van der Waals surface area contributed by atoms with Crippen LogP contribution in [-0.2, 0) is 0 Å². The standard InChI is InChI=1S/C15H12ClFO2/c1-10-6-7-12(16)15(8-10)19-9-14(18)11-4-2-3-5-13(11)17/h2-8H,9H2,1H3. The van der Waals surface area contributed by atoms with Crippen LogP contribution in [-0.4, -0.2) is 12.4 Å². The molecule has 2 aromatic carbocycles. The number of halogens is 2. The van der Waals surface area contributed by atoms with Gasteiger partial charge < -0.3 is 4.74 Å². The lowest BCUT2D eigenvalue weighted by molar-refractivity contribution is 0.0917. The average Bonchev–Trinajstić information content (AvgIpc) is 2.40. The summed E-state index contributed by atoms with van der Waals surface area (Å²) < 4.78 is 18.7. The minimum Gasteiger partial charge on any atom is -0.484 e. The van der Waals surface area contributed by atoms with Crippen molar-refractivity contribution in [2.45, 2.75) is 6.92 Å². The Kier molecular flexibility index (Phi) is 4.17. The molecule has 0 saturated carbocycles. The fourth-order valence-corrected chi connectivity index (χ4v) is 1.80. The van der Waals surface area contributed by atoms with E-state index in [0.717, 1.165) is 5.56 Å². The van der Waals surface area contributed by atoms with Crippen LogP contribution in [0.3, 0.4) is 0 Å². The van der Waals surface area contributed by atoms with Crippen molar-refractivity contribution in [2.24, 2.45) is 0 Å². The monoisotopic (exact) mass is 278 g/mol. The van der Waals surface area contributed by atoms with Gasteiger partial charge in [0.1, 0.15) is 11.6 Å². The van der Waals surface area contributed by atoms with E-state index >= 15 is 0 Å². The fourth-order valence-electron chi connectivity index (χ4n) is 1.63. The number of carbonyl (C=O) groups excluding carboxylic acids is 1. The fraction of sp³-hybridized carbons (Fsp3) is 0.133. The summed E-state index contributed by atoms with van der Waals surface area (Å²) in [5.74, 6) is -0.548. The molecule has 0 unspecified atom stereocenters. The zero-order valence-electron chi connectivity index (χ0n) is 10.3. The number of aryl methyl sites for hydroxylation is 1. The maximum atomic E-state index is 13.4. The molecule has 0 aromatic heterocycles. The van der Waals surface area contributed by atoms with Crippen molar-refractivity contribution in [1.29, 1.82) is 0 Å². The quantitative estimate of drug-likeness (QED) is 0.789. The highest BCUT2D eigenvalue weighted by Crippen LogP contribution is 2.25. The first-order valence-electron chi connectivity index (χ1n) is 5.74. The normalized spacial score (nSPS) is 10.3. The van der Waals surface area contributed by atoms with Gasteiger partial charge in [-0.3, -0.25) is 4.79 Å². The summed E-state index contributed by atoms with van der Waals surface area (Å²) in [7, 11) is 0. The van der Waals surface area contributed by atoms with Crippen LogP contribution in [0.4, 0.5) is 4.39 Å². The van der Waals surface area contributed by atoms with E-state index in [1.54, 1.807) is 18.2 Å². The Morgan fingerprint density at radius 3 is 2.74 bits per heavy atom. The largest absolute Gasteiger partial charge is 0.484 e. The molecule has 2 rings (SSSR count). The number of carbonyl (C=O) groups is 1. The molecule has 0 aliphatic rings. The van der Waals surface area contributed by atoms with Gasteiger partial charge in [0, 0.05) is 0 Å². The van der Waals surface area contributed by atoms with Gasteiger partial charge in [-0.15, -0.1) is 0 Å². The molecule has 0 N–H and O–H groups in total. The lowest BCUT2D eigenvalue weighted by atomic mass is 10.1. The van der Waals surface area contributed by atoms with E-state index in [1.165, 1.54) is 18.2 Å². The topological polar surface area (TPSA) is 26.3 Å². The van der Waals surface area contributed by atoms with Crippen molar-refractivity contribution in [3.05, 3.63) is 64.4 Å². The highest BCUT2D eigenvalue weighted by Gasteiger charge is 2.12. The summed E-state index contributed by atoms with van der Waals surface area (Å²) in [4.78, 5) is 11.8. The number of benzene rings is 2. The van der Waals surface area contributed by atoms with Crippen LogP contribution < -0.4 is 4.74 Å². The Bertz CT molecular complexity index is 611. The van der Waals surface area contributed by atoms with E-state index in [0.29, 0.717) is 10.8 Å². The molecule has 2 aromatic rings. The van der Waals surface area contributed by atoms with Crippen LogP contribution in [0.2, 0.25) is 5.02 Å². The van der Waals surface area contributed by atoms with Gasteiger partial charge in [-0.25, -0.2) is 4.39 Å². The summed E-state index contributed by atoms with van der Waals surface area (Å²) >= 11 is 5.95. The molecule has 0 radical (unpaired) electrons. The van der Waals surface area contributed by atoms with E-state index in [9.17, 15) is 9.18 Å². The number of hydrogen-bond acceptors (Lipinski definition) is 2. The van der Waals surface area contributed by atoms with Gasteiger partial charge in [-0.05, 0) is 36.8 Å². The van der Waals surface area contributed by atoms with Gasteiger partial charge in [-0.2, -0.15) is 0 Å². The van der Waals surface area contributed by atoms with Gasteiger partial charge in [0.2, 0.25) is 5.78 Å². The second kappa shape index (κ2) is 5.85. The highest BCUT2D eigenvalue weighted by atomic mass is 35.5. The lowest BCUT2D eigenvalue weighted by Crippen LogP contribution is -2.13. The zero-order valence-corrected chi connectivity index (χ0v) is 11.1. The van der Waals surface area contributed by atoms with E-state index < -0.39 is 11.6 Å². The molecule has 0 atom stereocenters. The van der Waals surface area contributed by atoms with Crippen molar-refractivity contribution in [2.75, 3.05) is 6.61 Å². The van der Waals surface area contributed by atoms with Crippen LogP contribution in [0.15, 0.2) is 42.5 Å². The van der Waals surface area contributed by atoms with Crippen molar-refractivity contribution in [1.82, 2.24) is 0 Å². The van der Waals surface area contributed by atoms with Crippen molar-refractivity contribution in [3.63, 3.8) is 0 Å². The smallest absolute Gasteiger partial charge is 0.203 e. The van der Waals surface area contributed by atoms with Crippen molar-refractivity contribution < 1.29 is 13.9 Å². The van der Waals surface area contributed by atoms with E-state index in [-0.39, 0.29) is 12.2 Å². The summed E-state index contributed by atoms with van der Waals surface area (Å²) in [5.41, 5.74) is 0.990. The van der Waals surface area contributed by atoms with Crippen LogP contribution >= 0.6 is 11.6 Å². The highest BCUT2D eigenvalue weighted by molar-refractivity contribution is 6.32. The first-order valence-corrected chi connectivity index (χ1v) is 6.12. The molecule has 0 fully saturated rings. The van der Waals surface area contributed by atoms with Crippen molar-refractivity contribution >= 4 is 17.4 Å². The van der Waals surface area contributed by atoms with Crippen LogP contribution in [0.25, 0.3) is 0 Å². The second-order valence-electron chi connectivity index (χ2n) is 4.13. The maximum Gasteiger partial charge on any atom is 0.203 e. The number of rotatable bonds is 4.